The molecule has 0 aliphatic carbocycles. The molecule has 2 rings (SSSR count). The van der Waals surface area contributed by atoms with Crippen LogP contribution in [0.5, 0.6) is 0 Å². The minimum Gasteiger partial charge on any atom is -0.276 e. The van der Waals surface area contributed by atoms with Gasteiger partial charge in [0.15, 0.2) is 0 Å². The predicted molar refractivity (Wildman–Crippen MR) is 60.7 cm³/mol. The highest BCUT2D eigenvalue weighted by Crippen LogP contribution is 2.30. The number of hydrogen-bond donors (Lipinski definition) is 0. The third kappa shape index (κ3) is 1.72. The van der Waals surface area contributed by atoms with Gasteiger partial charge in [-0.05, 0) is 25.7 Å². The summed E-state index contributed by atoms with van der Waals surface area (Å²) in [4.78, 5) is 7.45. The van der Waals surface area contributed by atoms with Crippen molar-refractivity contribution in [3.63, 3.8) is 0 Å². The van der Waals surface area contributed by atoms with Crippen molar-refractivity contribution in [2.24, 2.45) is 10.4 Å². The molecule has 0 bridgehead atoms. The summed E-state index contributed by atoms with van der Waals surface area (Å²) >= 11 is 0. The molecule has 0 spiro atoms. The van der Waals surface area contributed by atoms with Crippen molar-refractivity contribution >= 4 is 5.71 Å². The maximum atomic E-state index is 4.90. The third-order valence-electron chi connectivity index (χ3n) is 3.90. The molecule has 1 atom stereocenters. The van der Waals surface area contributed by atoms with E-state index in [1.54, 1.807) is 0 Å². The fraction of sp³-hybridized carbons (Fsp3) is 0.917. The lowest BCUT2D eigenvalue weighted by molar-refractivity contribution is 0.194. The minimum atomic E-state index is 0.317. The van der Waals surface area contributed by atoms with Crippen molar-refractivity contribution < 1.29 is 0 Å². The van der Waals surface area contributed by atoms with Gasteiger partial charge in [-0.25, -0.2) is 0 Å². The van der Waals surface area contributed by atoms with Crippen molar-refractivity contribution in [1.29, 1.82) is 0 Å². The highest BCUT2D eigenvalue weighted by atomic mass is 15.3. The van der Waals surface area contributed by atoms with Gasteiger partial charge in [0, 0.05) is 24.2 Å². The summed E-state index contributed by atoms with van der Waals surface area (Å²) in [5.41, 5.74) is 1.75. The highest BCUT2D eigenvalue weighted by molar-refractivity contribution is 5.92. The van der Waals surface area contributed by atoms with Crippen molar-refractivity contribution in [1.82, 2.24) is 4.90 Å². The average molecular weight is 194 g/mol. The zero-order chi connectivity index (χ0) is 10.2. The zero-order valence-electron chi connectivity index (χ0n) is 9.71. The molecule has 0 aromatic carbocycles. The van der Waals surface area contributed by atoms with Gasteiger partial charge in [0.05, 0.1) is 0 Å². The van der Waals surface area contributed by atoms with E-state index >= 15 is 0 Å². The van der Waals surface area contributed by atoms with Gasteiger partial charge in [0.25, 0.3) is 0 Å². The van der Waals surface area contributed by atoms with Crippen LogP contribution in [0.25, 0.3) is 0 Å². The van der Waals surface area contributed by atoms with E-state index in [9.17, 15) is 0 Å². The lowest BCUT2D eigenvalue weighted by atomic mass is 9.84. The zero-order valence-corrected chi connectivity index (χ0v) is 9.71. The van der Waals surface area contributed by atoms with Gasteiger partial charge in [-0.1, -0.05) is 20.8 Å². The van der Waals surface area contributed by atoms with E-state index in [1.807, 2.05) is 0 Å². The summed E-state index contributed by atoms with van der Waals surface area (Å²) in [5, 5.41) is 0. The maximum absolute atomic E-state index is 4.90. The Labute approximate surface area is 87.4 Å². The number of fused-ring (bicyclic) bond motifs is 1. The van der Waals surface area contributed by atoms with E-state index in [0.29, 0.717) is 11.6 Å². The van der Waals surface area contributed by atoms with Crippen LogP contribution in [0.2, 0.25) is 0 Å². The van der Waals surface area contributed by atoms with Crippen LogP contribution in [0.15, 0.2) is 4.99 Å². The molecule has 2 aliphatic heterocycles. The molecule has 14 heavy (non-hydrogen) atoms. The Hall–Kier alpha value is -0.370. The number of rotatable bonds is 2. The quantitative estimate of drug-likeness (QED) is 0.660. The van der Waals surface area contributed by atoms with Crippen molar-refractivity contribution in [2.45, 2.75) is 52.6 Å². The Balaban J connectivity index is 2.09. The Kier molecular flexibility index (Phi) is 2.65. The molecule has 1 unspecified atom stereocenters. The first-order chi connectivity index (χ1) is 6.63. The Morgan fingerprint density at radius 2 is 2.21 bits per heavy atom. The fourth-order valence-corrected chi connectivity index (χ4v) is 2.31. The van der Waals surface area contributed by atoms with Crippen LogP contribution in [0, 0.1) is 5.41 Å². The molecule has 0 saturated carbocycles. The first-order valence-electron chi connectivity index (χ1n) is 5.94. The van der Waals surface area contributed by atoms with Crippen LogP contribution in [-0.4, -0.2) is 29.9 Å². The van der Waals surface area contributed by atoms with E-state index in [-0.39, 0.29) is 0 Å². The van der Waals surface area contributed by atoms with Gasteiger partial charge in [0.1, 0.15) is 6.17 Å². The molecular formula is C12H22N2. The first-order valence-corrected chi connectivity index (χ1v) is 5.94. The molecule has 0 N–H and O–H groups in total. The fourth-order valence-electron chi connectivity index (χ4n) is 2.31. The van der Waals surface area contributed by atoms with E-state index in [0.717, 1.165) is 6.54 Å². The van der Waals surface area contributed by atoms with E-state index in [4.69, 9.17) is 4.99 Å². The monoisotopic (exact) mass is 194 g/mol. The molecule has 2 heteroatoms. The molecule has 1 saturated heterocycles. The summed E-state index contributed by atoms with van der Waals surface area (Å²) in [5.74, 6) is 0. The smallest absolute Gasteiger partial charge is 0.102 e. The van der Waals surface area contributed by atoms with Gasteiger partial charge in [-0.2, -0.15) is 0 Å². The second-order valence-electron chi connectivity index (χ2n) is 5.26. The molecule has 0 radical (unpaired) electrons. The Morgan fingerprint density at radius 1 is 1.43 bits per heavy atom. The normalized spacial score (nSPS) is 28.8. The summed E-state index contributed by atoms with van der Waals surface area (Å²) in [6, 6.07) is 0. The molecule has 2 aliphatic rings. The number of aliphatic imine (C=N–C) groups is 1. The Morgan fingerprint density at radius 3 is 2.86 bits per heavy atom. The molecule has 1 fully saturated rings. The van der Waals surface area contributed by atoms with E-state index < -0.39 is 0 Å². The minimum absolute atomic E-state index is 0.317. The second kappa shape index (κ2) is 3.65. The van der Waals surface area contributed by atoms with Gasteiger partial charge >= 0.3 is 0 Å². The highest BCUT2D eigenvalue weighted by Gasteiger charge is 2.34. The van der Waals surface area contributed by atoms with Crippen LogP contribution < -0.4 is 0 Å². The standard InChI is InChI=1S/C12H22N2/c1-4-12(2,3)10-9-14-8-6-5-7-11(14)13-10/h11H,4-9H2,1-3H3. The summed E-state index contributed by atoms with van der Waals surface area (Å²) in [6.07, 6.45) is 5.75. The molecule has 0 aromatic rings. The molecule has 80 valence electrons. The molecule has 2 heterocycles. The molecule has 2 nitrogen and oxygen atoms in total. The van der Waals surface area contributed by atoms with Gasteiger partial charge in [-0.3, -0.25) is 9.89 Å². The number of piperidine rings is 1. The summed E-state index contributed by atoms with van der Waals surface area (Å²) < 4.78 is 0. The SMILES string of the molecule is CCC(C)(C)C1=NC2CCCCN2C1. The van der Waals surface area contributed by atoms with Gasteiger partial charge in [0.2, 0.25) is 0 Å². The predicted octanol–water partition coefficient (Wildman–Crippen LogP) is 2.69. The first kappa shape index (κ1) is 10.2. The second-order valence-corrected chi connectivity index (χ2v) is 5.26. The largest absolute Gasteiger partial charge is 0.276 e. The Bertz CT molecular complexity index is 243. The maximum Gasteiger partial charge on any atom is 0.102 e. The van der Waals surface area contributed by atoms with Crippen molar-refractivity contribution in [3.8, 4) is 0 Å². The molecular weight excluding hydrogens is 172 g/mol. The van der Waals surface area contributed by atoms with Crippen LogP contribution in [0.3, 0.4) is 0 Å². The van der Waals surface area contributed by atoms with Gasteiger partial charge in [-0.15, -0.1) is 0 Å². The van der Waals surface area contributed by atoms with Crippen LogP contribution in [-0.2, 0) is 0 Å². The number of hydrogen-bond acceptors (Lipinski definition) is 2. The van der Waals surface area contributed by atoms with Gasteiger partial charge < -0.3 is 0 Å². The lowest BCUT2D eigenvalue weighted by Crippen LogP contribution is -2.37. The summed E-state index contributed by atoms with van der Waals surface area (Å²) in [7, 11) is 0. The lowest BCUT2D eigenvalue weighted by Gasteiger charge is -2.28. The van der Waals surface area contributed by atoms with E-state index in [1.165, 1.54) is 37.9 Å². The summed E-state index contributed by atoms with van der Waals surface area (Å²) in [6.45, 7) is 9.30. The average Bonchev–Trinajstić information content (AvgIpc) is 2.61. The number of nitrogens with zero attached hydrogens (tertiary/aromatic N) is 2. The molecule has 0 aromatic heterocycles. The third-order valence-corrected chi connectivity index (χ3v) is 3.90. The van der Waals surface area contributed by atoms with E-state index in [2.05, 4.69) is 25.7 Å². The van der Waals surface area contributed by atoms with Crippen molar-refractivity contribution in [3.05, 3.63) is 0 Å². The van der Waals surface area contributed by atoms with Crippen LogP contribution in [0.1, 0.15) is 46.5 Å². The molecule has 0 amide bonds. The topological polar surface area (TPSA) is 15.6 Å². The van der Waals surface area contributed by atoms with Crippen LogP contribution >= 0.6 is 0 Å². The van der Waals surface area contributed by atoms with Crippen molar-refractivity contribution in [2.75, 3.05) is 13.1 Å². The van der Waals surface area contributed by atoms with Crippen LogP contribution in [0.4, 0.5) is 0 Å².